The van der Waals surface area contributed by atoms with Crippen molar-refractivity contribution in [3.05, 3.63) is 77.9 Å². The Morgan fingerprint density at radius 1 is 0.938 bits per heavy atom. The zero-order chi connectivity index (χ0) is 23.5. The van der Waals surface area contributed by atoms with Crippen molar-refractivity contribution in [2.24, 2.45) is 0 Å². The number of esters is 1. The lowest BCUT2D eigenvalue weighted by Crippen LogP contribution is -2.21. The molecule has 3 aromatic carbocycles. The van der Waals surface area contributed by atoms with E-state index in [2.05, 4.69) is 9.46 Å². The molecule has 0 fully saturated rings. The van der Waals surface area contributed by atoms with E-state index in [4.69, 9.17) is 0 Å². The standard InChI is InChI=1S/C23H22N2O6S/c1-25(2)22(27)16-9-7-15(8-10-16)17-5-4-6-19(13-17)32(29,30)24-18-11-12-20(21(26)14-18)23(28)31-3/h4-14,24,26H,1-3H3. The van der Waals surface area contributed by atoms with Crippen molar-refractivity contribution in [1.82, 2.24) is 4.90 Å². The summed E-state index contributed by atoms with van der Waals surface area (Å²) in [5, 5.41) is 9.99. The highest BCUT2D eigenvalue weighted by Crippen LogP contribution is 2.27. The van der Waals surface area contributed by atoms with Crippen LogP contribution in [-0.2, 0) is 14.8 Å². The van der Waals surface area contributed by atoms with Gasteiger partial charge in [-0.15, -0.1) is 0 Å². The minimum Gasteiger partial charge on any atom is -0.507 e. The van der Waals surface area contributed by atoms with E-state index >= 15 is 0 Å². The quantitative estimate of drug-likeness (QED) is 0.553. The summed E-state index contributed by atoms with van der Waals surface area (Å²) in [6.45, 7) is 0. The second kappa shape index (κ2) is 9.11. The molecule has 0 saturated carbocycles. The van der Waals surface area contributed by atoms with Crippen LogP contribution < -0.4 is 4.72 Å². The van der Waals surface area contributed by atoms with Crippen LogP contribution in [0.25, 0.3) is 11.1 Å². The molecule has 2 N–H and O–H groups in total. The topological polar surface area (TPSA) is 113 Å². The molecule has 3 aromatic rings. The first-order valence-corrected chi connectivity index (χ1v) is 11.0. The molecule has 0 aliphatic carbocycles. The molecule has 0 radical (unpaired) electrons. The number of hydrogen-bond acceptors (Lipinski definition) is 6. The number of nitrogens with zero attached hydrogens (tertiary/aromatic N) is 1. The van der Waals surface area contributed by atoms with Crippen LogP contribution in [-0.4, -0.2) is 51.5 Å². The highest BCUT2D eigenvalue weighted by atomic mass is 32.2. The zero-order valence-electron chi connectivity index (χ0n) is 17.7. The van der Waals surface area contributed by atoms with Crippen molar-refractivity contribution >= 4 is 27.6 Å². The van der Waals surface area contributed by atoms with Gasteiger partial charge in [-0.3, -0.25) is 9.52 Å². The average molecular weight is 455 g/mol. The van der Waals surface area contributed by atoms with Gasteiger partial charge in [-0.1, -0.05) is 24.3 Å². The first kappa shape index (κ1) is 22.8. The Bertz CT molecular complexity index is 1270. The second-order valence-electron chi connectivity index (χ2n) is 7.13. The van der Waals surface area contributed by atoms with Gasteiger partial charge in [0.25, 0.3) is 15.9 Å². The molecule has 8 nitrogen and oxygen atoms in total. The van der Waals surface area contributed by atoms with Crippen LogP contribution in [0.4, 0.5) is 5.69 Å². The van der Waals surface area contributed by atoms with E-state index in [9.17, 15) is 23.1 Å². The minimum absolute atomic E-state index is 0.0139. The molecule has 0 bridgehead atoms. The van der Waals surface area contributed by atoms with E-state index in [1.54, 1.807) is 50.5 Å². The number of sulfonamides is 1. The number of aromatic hydroxyl groups is 1. The number of carbonyl (C=O) groups is 2. The van der Waals surface area contributed by atoms with Crippen molar-refractivity contribution in [3.8, 4) is 16.9 Å². The third-order valence-corrected chi connectivity index (χ3v) is 6.05. The van der Waals surface area contributed by atoms with Gasteiger partial charge in [0.2, 0.25) is 0 Å². The number of rotatable bonds is 6. The van der Waals surface area contributed by atoms with Crippen LogP contribution in [0.15, 0.2) is 71.6 Å². The molecule has 166 valence electrons. The molecule has 9 heteroatoms. The number of carbonyl (C=O) groups excluding carboxylic acids is 2. The Balaban J connectivity index is 1.86. The number of nitrogens with one attached hydrogen (secondary N) is 1. The van der Waals surface area contributed by atoms with Gasteiger partial charge in [-0.25, -0.2) is 13.2 Å². The highest BCUT2D eigenvalue weighted by Gasteiger charge is 2.18. The van der Waals surface area contributed by atoms with E-state index in [1.165, 1.54) is 36.3 Å². The predicted octanol–water partition coefficient (Wildman–Crippen LogP) is 3.35. The van der Waals surface area contributed by atoms with E-state index in [1.807, 2.05) is 0 Å². The molecule has 0 aromatic heterocycles. The van der Waals surface area contributed by atoms with Crippen LogP contribution in [0.3, 0.4) is 0 Å². The van der Waals surface area contributed by atoms with Gasteiger partial charge in [0, 0.05) is 25.7 Å². The lowest BCUT2D eigenvalue weighted by atomic mass is 10.0. The lowest BCUT2D eigenvalue weighted by molar-refractivity contribution is 0.0597. The van der Waals surface area contributed by atoms with Crippen LogP contribution in [0.1, 0.15) is 20.7 Å². The summed E-state index contributed by atoms with van der Waals surface area (Å²) < 4.78 is 32.7. The fourth-order valence-electron chi connectivity index (χ4n) is 3.00. The van der Waals surface area contributed by atoms with Crippen molar-refractivity contribution in [2.75, 3.05) is 25.9 Å². The smallest absolute Gasteiger partial charge is 0.341 e. The van der Waals surface area contributed by atoms with E-state index in [-0.39, 0.29) is 22.1 Å². The fraction of sp³-hybridized carbons (Fsp3) is 0.130. The maximum Gasteiger partial charge on any atom is 0.341 e. The van der Waals surface area contributed by atoms with Crippen LogP contribution >= 0.6 is 0 Å². The van der Waals surface area contributed by atoms with Gasteiger partial charge in [-0.2, -0.15) is 0 Å². The van der Waals surface area contributed by atoms with Crippen LogP contribution in [0, 0.1) is 0 Å². The number of amides is 1. The van der Waals surface area contributed by atoms with Crippen molar-refractivity contribution < 1.29 is 27.9 Å². The third-order valence-electron chi connectivity index (χ3n) is 4.67. The first-order valence-electron chi connectivity index (χ1n) is 9.48. The molecule has 0 aliphatic heterocycles. The fourth-order valence-corrected chi connectivity index (χ4v) is 4.09. The molecule has 0 atom stereocenters. The monoisotopic (exact) mass is 454 g/mol. The summed E-state index contributed by atoms with van der Waals surface area (Å²) in [5.74, 6) is -1.26. The molecule has 0 aliphatic rings. The maximum absolute atomic E-state index is 12.9. The van der Waals surface area contributed by atoms with E-state index < -0.39 is 21.7 Å². The number of benzene rings is 3. The Morgan fingerprint density at radius 2 is 1.62 bits per heavy atom. The van der Waals surface area contributed by atoms with Crippen molar-refractivity contribution in [2.45, 2.75) is 4.90 Å². The minimum atomic E-state index is -3.97. The summed E-state index contributed by atoms with van der Waals surface area (Å²) in [6, 6.07) is 16.9. The van der Waals surface area contributed by atoms with Crippen LogP contribution in [0.2, 0.25) is 0 Å². The SMILES string of the molecule is COC(=O)c1ccc(NS(=O)(=O)c2cccc(-c3ccc(C(=O)N(C)C)cc3)c2)cc1O. The maximum atomic E-state index is 12.9. The Hall–Kier alpha value is -3.85. The van der Waals surface area contributed by atoms with Gasteiger partial charge in [0.15, 0.2) is 0 Å². The number of anilines is 1. The second-order valence-corrected chi connectivity index (χ2v) is 8.82. The van der Waals surface area contributed by atoms with Gasteiger partial charge in [0.1, 0.15) is 11.3 Å². The molecule has 32 heavy (non-hydrogen) atoms. The number of methoxy groups -OCH3 is 1. The highest BCUT2D eigenvalue weighted by molar-refractivity contribution is 7.92. The third kappa shape index (κ3) is 4.89. The first-order chi connectivity index (χ1) is 15.1. The number of phenolic OH excluding ortho intramolecular Hbond substituents is 1. The summed E-state index contributed by atoms with van der Waals surface area (Å²) in [4.78, 5) is 25.1. The molecule has 1 amide bonds. The summed E-state index contributed by atoms with van der Waals surface area (Å²) in [6.07, 6.45) is 0. The molecule has 0 saturated heterocycles. The van der Waals surface area contributed by atoms with Gasteiger partial charge in [0.05, 0.1) is 17.7 Å². The Kier molecular flexibility index (Phi) is 6.50. The molecule has 0 spiro atoms. The predicted molar refractivity (Wildman–Crippen MR) is 120 cm³/mol. The summed E-state index contributed by atoms with van der Waals surface area (Å²) in [5.41, 5.74) is 1.94. The average Bonchev–Trinajstić information content (AvgIpc) is 2.78. The number of phenols is 1. The molecule has 0 unspecified atom stereocenters. The Morgan fingerprint density at radius 3 is 2.22 bits per heavy atom. The normalized spacial score (nSPS) is 11.0. The van der Waals surface area contributed by atoms with Crippen molar-refractivity contribution in [3.63, 3.8) is 0 Å². The zero-order valence-corrected chi connectivity index (χ0v) is 18.5. The molecule has 3 rings (SSSR count). The van der Waals surface area contributed by atoms with Gasteiger partial charge < -0.3 is 14.7 Å². The van der Waals surface area contributed by atoms with Gasteiger partial charge in [-0.05, 0) is 47.5 Å². The number of ether oxygens (including phenoxy) is 1. The largest absolute Gasteiger partial charge is 0.507 e. The lowest BCUT2D eigenvalue weighted by Gasteiger charge is -2.12. The number of hydrogen-bond donors (Lipinski definition) is 2. The summed E-state index contributed by atoms with van der Waals surface area (Å²) >= 11 is 0. The Labute approximate surface area is 186 Å². The molecular weight excluding hydrogens is 432 g/mol. The van der Waals surface area contributed by atoms with Crippen LogP contribution in [0.5, 0.6) is 5.75 Å². The summed E-state index contributed by atoms with van der Waals surface area (Å²) in [7, 11) is 0.543. The van der Waals surface area contributed by atoms with E-state index in [0.29, 0.717) is 11.1 Å². The van der Waals surface area contributed by atoms with E-state index in [0.717, 1.165) is 11.6 Å². The van der Waals surface area contributed by atoms with Gasteiger partial charge >= 0.3 is 5.97 Å². The molecular formula is C23H22N2O6S. The van der Waals surface area contributed by atoms with Crippen molar-refractivity contribution in [1.29, 1.82) is 0 Å². The molecule has 0 heterocycles.